The van der Waals surface area contributed by atoms with E-state index < -0.39 is 0 Å². The van der Waals surface area contributed by atoms with Crippen LogP contribution < -0.4 is 5.56 Å². The lowest BCUT2D eigenvalue weighted by Gasteiger charge is -2.11. The van der Waals surface area contributed by atoms with E-state index in [4.69, 9.17) is 4.52 Å². The van der Waals surface area contributed by atoms with Gasteiger partial charge in [-0.3, -0.25) is 4.79 Å². The number of nitrogens with zero attached hydrogens (tertiary/aromatic N) is 3. The lowest BCUT2D eigenvalue weighted by Crippen LogP contribution is -2.21. The summed E-state index contributed by atoms with van der Waals surface area (Å²) in [5.74, 6) is 0.232. The molecule has 0 saturated heterocycles. The van der Waals surface area contributed by atoms with Gasteiger partial charge in [-0.25, -0.2) is 0 Å². The molecule has 0 atom stereocenters. The van der Waals surface area contributed by atoms with Gasteiger partial charge in [0.25, 0.3) is 11.4 Å². The van der Waals surface area contributed by atoms with Crippen LogP contribution in [0.25, 0.3) is 33.7 Å². The van der Waals surface area contributed by atoms with Crippen molar-refractivity contribution >= 4 is 22.7 Å². The lowest BCUT2D eigenvalue weighted by molar-refractivity contribution is 0.425. The van der Waals surface area contributed by atoms with Crippen LogP contribution in [0, 0.1) is 0 Å². The van der Waals surface area contributed by atoms with Crippen LogP contribution in [-0.2, 0) is 6.54 Å². The smallest absolute Gasteiger partial charge is 0.267 e. The molecule has 4 aromatic rings. The van der Waals surface area contributed by atoms with E-state index in [1.54, 1.807) is 28.5 Å². The molecule has 2 aromatic heterocycles. The minimum absolute atomic E-state index is 0.00870. The third-order valence-electron chi connectivity index (χ3n) is 4.45. The fraction of sp³-hybridized carbons (Fsp3) is 0.150. The van der Waals surface area contributed by atoms with Crippen LogP contribution in [0.1, 0.15) is 6.92 Å². The summed E-state index contributed by atoms with van der Waals surface area (Å²) in [4.78, 5) is 18.4. The first-order valence-electron chi connectivity index (χ1n) is 8.47. The Hall–Kier alpha value is -3.06. The summed E-state index contributed by atoms with van der Waals surface area (Å²) in [7, 11) is 0. The summed E-state index contributed by atoms with van der Waals surface area (Å²) in [6, 6.07) is 14.9. The van der Waals surface area contributed by atoms with Crippen LogP contribution in [0.2, 0.25) is 0 Å². The molecule has 2 heterocycles. The second-order valence-corrected chi connectivity index (χ2v) is 6.82. The van der Waals surface area contributed by atoms with Crippen molar-refractivity contribution in [2.45, 2.75) is 18.4 Å². The van der Waals surface area contributed by atoms with E-state index >= 15 is 0 Å². The summed E-state index contributed by atoms with van der Waals surface area (Å²) in [6.07, 6.45) is 2.00. The number of aromatic nitrogens is 3. The molecule has 0 aliphatic carbocycles. The third-order valence-corrected chi connectivity index (χ3v) is 5.19. The van der Waals surface area contributed by atoms with E-state index in [1.165, 1.54) is 0 Å². The summed E-state index contributed by atoms with van der Waals surface area (Å²) in [6.45, 7) is 2.34. The number of aryl methyl sites for hydroxylation is 1. The van der Waals surface area contributed by atoms with Crippen molar-refractivity contribution in [3.63, 3.8) is 0 Å². The SMILES string of the molecule is CCn1c(=O)c(-c2nc(-c3ccc(SC)cc3)no2)c(O)c2ccccc21. The first kappa shape index (κ1) is 17.4. The van der Waals surface area contributed by atoms with Crippen molar-refractivity contribution in [3.8, 4) is 28.6 Å². The molecule has 0 saturated carbocycles. The normalized spacial score (nSPS) is 11.2. The van der Waals surface area contributed by atoms with Crippen LogP contribution in [0.15, 0.2) is 62.7 Å². The molecule has 136 valence electrons. The van der Waals surface area contributed by atoms with Gasteiger partial charge in [-0.15, -0.1) is 11.8 Å². The van der Waals surface area contributed by atoms with E-state index in [2.05, 4.69) is 10.1 Å². The molecule has 6 nitrogen and oxygen atoms in total. The van der Waals surface area contributed by atoms with Crippen molar-refractivity contribution in [1.29, 1.82) is 0 Å². The van der Waals surface area contributed by atoms with E-state index in [0.29, 0.717) is 23.3 Å². The molecule has 0 unspecified atom stereocenters. The number of rotatable bonds is 4. The number of aromatic hydroxyl groups is 1. The molecule has 0 amide bonds. The van der Waals surface area contributed by atoms with Crippen molar-refractivity contribution in [3.05, 3.63) is 58.9 Å². The van der Waals surface area contributed by atoms with Crippen LogP contribution in [-0.4, -0.2) is 26.1 Å². The number of pyridine rings is 1. The highest BCUT2D eigenvalue weighted by Crippen LogP contribution is 2.33. The predicted octanol–water partition coefficient (Wildman–Crippen LogP) is 4.17. The fourth-order valence-corrected chi connectivity index (χ4v) is 3.49. The maximum Gasteiger partial charge on any atom is 0.267 e. The Balaban J connectivity index is 1.88. The lowest BCUT2D eigenvalue weighted by atomic mass is 10.1. The Morgan fingerprint density at radius 2 is 1.89 bits per heavy atom. The van der Waals surface area contributed by atoms with Gasteiger partial charge < -0.3 is 14.2 Å². The number of fused-ring (bicyclic) bond motifs is 1. The van der Waals surface area contributed by atoms with Gasteiger partial charge in [0.15, 0.2) is 0 Å². The number of hydrogen-bond acceptors (Lipinski definition) is 6. The van der Waals surface area contributed by atoms with Gasteiger partial charge in [0, 0.05) is 22.4 Å². The van der Waals surface area contributed by atoms with E-state index in [1.807, 2.05) is 49.6 Å². The van der Waals surface area contributed by atoms with E-state index in [-0.39, 0.29) is 22.8 Å². The Kier molecular flexibility index (Phi) is 4.45. The molecule has 7 heteroatoms. The minimum atomic E-state index is -0.360. The summed E-state index contributed by atoms with van der Waals surface area (Å²) < 4.78 is 6.92. The van der Waals surface area contributed by atoms with E-state index in [9.17, 15) is 9.90 Å². The first-order valence-corrected chi connectivity index (χ1v) is 9.69. The summed E-state index contributed by atoms with van der Waals surface area (Å²) in [5, 5.41) is 15.3. The highest BCUT2D eigenvalue weighted by Gasteiger charge is 2.22. The van der Waals surface area contributed by atoms with Gasteiger partial charge in [-0.05, 0) is 49.6 Å². The minimum Gasteiger partial charge on any atom is -0.506 e. The zero-order valence-electron chi connectivity index (χ0n) is 14.8. The molecule has 0 spiro atoms. The molecular formula is C20H17N3O3S. The Labute approximate surface area is 159 Å². The molecule has 4 rings (SSSR count). The van der Waals surface area contributed by atoms with Gasteiger partial charge >= 0.3 is 0 Å². The highest BCUT2D eigenvalue weighted by molar-refractivity contribution is 7.98. The average molecular weight is 379 g/mol. The second kappa shape index (κ2) is 6.92. The molecule has 0 radical (unpaired) electrons. The number of para-hydroxylation sites is 1. The Bertz CT molecular complexity index is 1180. The zero-order chi connectivity index (χ0) is 19.0. The Morgan fingerprint density at radius 3 is 2.59 bits per heavy atom. The topological polar surface area (TPSA) is 81.2 Å². The van der Waals surface area contributed by atoms with Crippen LogP contribution in [0.3, 0.4) is 0 Å². The van der Waals surface area contributed by atoms with Gasteiger partial charge in [0.05, 0.1) is 5.52 Å². The average Bonchev–Trinajstić information content (AvgIpc) is 3.18. The molecule has 2 aromatic carbocycles. The van der Waals surface area contributed by atoms with Gasteiger partial charge in [-0.2, -0.15) is 4.98 Å². The molecule has 1 N–H and O–H groups in total. The quantitative estimate of drug-likeness (QED) is 0.536. The standard InChI is InChI=1S/C20H17N3O3S/c1-3-23-15-7-5-4-6-14(15)17(24)16(20(23)25)19-21-18(22-26-19)12-8-10-13(27-2)11-9-12/h4-11,24H,3H2,1-2H3. The van der Waals surface area contributed by atoms with Crippen molar-refractivity contribution in [1.82, 2.24) is 14.7 Å². The molecular weight excluding hydrogens is 362 g/mol. The molecule has 27 heavy (non-hydrogen) atoms. The fourth-order valence-electron chi connectivity index (χ4n) is 3.08. The maximum atomic E-state index is 12.9. The molecule has 0 bridgehead atoms. The van der Waals surface area contributed by atoms with Crippen molar-refractivity contribution in [2.75, 3.05) is 6.26 Å². The number of thioether (sulfide) groups is 1. The second-order valence-electron chi connectivity index (χ2n) is 5.94. The van der Waals surface area contributed by atoms with Gasteiger partial charge in [-0.1, -0.05) is 17.3 Å². The molecule has 0 aliphatic heterocycles. The molecule has 0 aliphatic rings. The summed E-state index contributed by atoms with van der Waals surface area (Å²) >= 11 is 1.64. The Morgan fingerprint density at radius 1 is 1.15 bits per heavy atom. The monoisotopic (exact) mass is 379 g/mol. The predicted molar refractivity (Wildman–Crippen MR) is 106 cm³/mol. The first-order chi connectivity index (χ1) is 13.1. The van der Waals surface area contributed by atoms with E-state index in [0.717, 1.165) is 10.5 Å². The van der Waals surface area contributed by atoms with Gasteiger partial charge in [0.2, 0.25) is 5.82 Å². The molecule has 0 fully saturated rings. The van der Waals surface area contributed by atoms with Gasteiger partial charge in [0.1, 0.15) is 11.3 Å². The highest BCUT2D eigenvalue weighted by atomic mass is 32.2. The van der Waals surface area contributed by atoms with Crippen molar-refractivity contribution in [2.24, 2.45) is 0 Å². The van der Waals surface area contributed by atoms with Crippen LogP contribution in [0.5, 0.6) is 5.75 Å². The summed E-state index contributed by atoms with van der Waals surface area (Å²) in [5.41, 5.74) is 1.11. The number of benzene rings is 2. The van der Waals surface area contributed by atoms with Crippen molar-refractivity contribution < 1.29 is 9.63 Å². The van der Waals surface area contributed by atoms with Crippen LogP contribution in [0.4, 0.5) is 0 Å². The largest absolute Gasteiger partial charge is 0.506 e. The maximum absolute atomic E-state index is 12.9. The number of hydrogen-bond donors (Lipinski definition) is 1. The third kappa shape index (κ3) is 2.90. The van der Waals surface area contributed by atoms with Crippen LogP contribution >= 0.6 is 11.8 Å². The zero-order valence-corrected chi connectivity index (χ0v) is 15.7.